The van der Waals surface area contributed by atoms with Gasteiger partial charge >= 0.3 is 0 Å². The van der Waals surface area contributed by atoms with Crippen LogP contribution in [0.2, 0.25) is 0 Å². The number of benzene rings is 2. The fourth-order valence-corrected chi connectivity index (χ4v) is 3.98. The third kappa shape index (κ3) is 3.90. The minimum absolute atomic E-state index is 0.233. The zero-order valence-corrected chi connectivity index (χ0v) is 16.6. The van der Waals surface area contributed by atoms with E-state index in [4.69, 9.17) is 4.74 Å². The molecule has 1 amide bonds. The number of amides is 1. The molecule has 1 aromatic heterocycles. The van der Waals surface area contributed by atoms with E-state index in [1.807, 2.05) is 29.2 Å². The Morgan fingerprint density at radius 1 is 0.964 bits per heavy atom. The predicted octanol–water partition coefficient (Wildman–Crippen LogP) is 3.42. The number of rotatable bonds is 5. The van der Waals surface area contributed by atoms with Crippen molar-refractivity contribution in [2.24, 2.45) is 7.05 Å². The third-order valence-electron chi connectivity index (χ3n) is 5.59. The summed E-state index contributed by atoms with van der Waals surface area (Å²) in [5.41, 5.74) is 3.72. The van der Waals surface area contributed by atoms with Crippen molar-refractivity contribution >= 4 is 16.8 Å². The van der Waals surface area contributed by atoms with Gasteiger partial charge in [0, 0.05) is 63.3 Å². The minimum atomic E-state index is 0.233. The van der Waals surface area contributed by atoms with Crippen LogP contribution in [0, 0.1) is 0 Å². The van der Waals surface area contributed by atoms with Crippen LogP contribution in [-0.2, 0) is 24.9 Å². The highest BCUT2D eigenvalue weighted by molar-refractivity contribution is 5.83. The monoisotopic (exact) mass is 377 g/mol. The highest BCUT2D eigenvalue weighted by atomic mass is 16.5. The van der Waals surface area contributed by atoms with Crippen molar-refractivity contribution in [1.29, 1.82) is 0 Å². The molecule has 0 saturated carbocycles. The van der Waals surface area contributed by atoms with Crippen molar-refractivity contribution in [1.82, 2.24) is 14.4 Å². The maximum Gasteiger partial charge on any atom is 0.224 e. The van der Waals surface area contributed by atoms with Crippen molar-refractivity contribution in [3.05, 3.63) is 65.9 Å². The molecule has 2 heterocycles. The first kappa shape index (κ1) is 18.6. The second-order valence-electron chi connectivity index (χ2n) is 7.47. The summed E-state index contributed by atoms with van der Waals surface area (Å²) in [6, 6.07) is 16.5. The van der Waals surface area contributed by atoms with Crippen molar-refractivity contribution in [2.45, 2.75) is 19.5 Å². The molecule has 4 rings (SSSR count). The number of carbonyl (C=O) groups excluding carboxylic acids is 1. The van der Waals surface area contributed by atoms with Gasteiger partial charge in [0.1, 0.15) is 5.75 Å². The van der Waals surface area contributed by atoms with Crippen LogP contribution in [0.3, 0.4) is 0 Å². The molecule has 3 aromatic rings. The molecule has 0 atom stereocenters. The second-order valence-corrected chi connectivity index (χ2v) is 7.47. The van der Waals surface area contributed by atoms with Gasteiger partial charge in [0.25, 0.3) is 0 Å². The van der Waals surface area contributed by atoms with Crippen LogP contribution in [0.5, 0.6) is 5.75 Å². The molecule has 5 heteroatoms. The molecule has 0 aliphatic carbocycles. The zero-order valence-electron chi connectivity index (χ0n) is 16.6. The van der Waals surface area contributed by atoms with E-state index in [1.165, 1.54) is 16.5 Å². The van der Waals surface area contributed by atoms with Crippen LogP contribution in [0.15, 0.2) is 54.7 Å². The van der Waals surface area contributed by atoms with Crippen molar-refractivity contribution < 1.29 is 9.53 Å². The zero-order chi connectivity index (χ0) is 19.5. The van der Waals surface area contributed by atoms with Gasteiger partial charge in [-0.1, -0.05) is 30.3 Å². The first-order valence-corrected chi connectivity index (χ1v) is 9.80. The molecule has 0 spiro atoms. The maximum absolute atomic E-state index is 12.6. The Labute approximate surface area is 166 Å². The first-order chi connectivity index (χ1) is 13.6. The Balaban J connectivity index is 1.42. The van der Waals surface area contributed by atoms with E-state index in [0.717, 1.165) is 37.5 Å². The fourth-order valence-electron chi connectivity index (χ4n) is 3.98. The maximum atomic E-state index is 12.6. The van der Waals surface area contributed by atoms with E-state index in [-0.39, 0.29) is 5.91 Å². The lowest BCUT2D eigenvalue weighted by Crippen LogP contribution is -2.32. The number of aromatic nitrogens is 1. The van der Waals surface area contributed by atoms with Gasteiger partial charge in [-0.05, 0) is 29.3 Å². The Bertz CT molecular complexity index is 962. The van der Waals surface area contributed by atoms with Crippen LogP contribution < -0.4 is 4.74 Å². The second kappa shape index (κ2) is 8.07. The summed E-state index contributed by atoms with van der Waals surface area (Å²) in [6.45, 7) is 4.00. The highest BCUT2D eigenvalue weighted by Crippen LogP contribution is 2.22. The van der Waals surface area contributed by atoms with Crippen molar-refractivity contribution in [3.8, 4) is 5.75 Å². The smallest absolute Gasteiger partial charge is 0.224 e. The van der Waals surface area contributed by atoms with Gasteiger partial charge in [0.15, 0.2) is 0 Å². The molecule has 2 aromatic carbocycles. The molecule has 1 aliphatic rings. The van der Waals surface area contributed by atoms with E-state index < -0.39 is 0 Å². The van der Waals surface area contributed by atoms with Crippen LogP contribution in [-0.4, -0.2) is 47.0 Å². The Morgan fingerprint density at radius 3 is 2.54 bits per heavy atom. The lowest BCUT2D eigenvalue weighted by atomic mass is 10.1. The van der Waals surface area contributed by atoms with Crippen molar-refractivity contribution in [2.75, 3.05) is 26.7 Å². The molecule has 1 saturated heterocycles. The Kier molecular flexibility index (Phi) is 5.35. The molecule has 146 valence electrons. The Hall–Kier alpha value is -2.79. The average molecular weight is 377 g/mol. The SMILES string of the molecule is COc1ccc(CN2CCN(Cc3cn(C)c4ccccc34)CCC2=O)cc1. The fraction of sp³-hybridized carbons (Fsp3) is 0.348. The summed E-state index contributed by atoms with van der Waals surface area (Å²) >= 11 is 0. The van der Waals surface area contributed by atoms with Gasteiger partial charge in [0.05, 0.1) is 7.11 Å². The normalized spacial score (nSPS) is 15.8. The molecular formula is C23H27N3O2. The third-order valence-corrected chi connectivity index (χ3v) is 5.59. The number of hydrogen-bond donors (Lipinski definition) is 0. The van der Waals surface area contributed by atoms with Crippen molar-refractivity contribution in [3.63, 3.8) is 0 Å². The van der Waals surface area contributed by atoms with Gasteiger partial charge in [-0.25, -0.2) is 0 Å². The van der Waals surface area contributed by atoms with Crippen LogP contribution >= 0.6 is 0 Å². The molecule has 0 radical (unpaired) electrons. The molecule has 1 aliphatic heterocycles. The predicted molar refractivity (Wildman–Crippen MR) is 111 cm³/mol. The van der Waals surface area contributed by atoms with Gasteiger partial charge < -0.3 is 14.2 Å². The summed E-state index contributed by atoms with van der Waals surface area (Å²) < 4.78 is 7.40. The molecule has 1 fully saturated rings. The Morgan fingerprint density at radius 2 is 1.75 bits per heavy atom. The van der Waals surface area contributed by atoms with Gasteiger partial charge in [-0.2, -0.15) is 0 Å². The molecule has 28 heavy (non-hydrogen) atoms. The quantitative estimate of drug-likeness (QED) is 0.684. The van der Waals surface area contributed by atoms with Gasteiger partial charge in [0.2, 0.25) is 5.91 Å². The molecule has 0 unspecified atom stereocenters. The van der Waals surface area contributed by atoms with Crippen LogP contribution in [0.4, 0.5) is 0 Å². The van der Waals surface area contributed by atoms with Gasteiger partial charge in [-0.3, -0.25) is 9.69 Å². The number of hydrogen-bond acceptors (Lipinski definition) is 3. The average Bonchev–Trinajstić information content (AvgIpc) is 2.94. The number of ether oxygens (including phenoxy) is 1. The van der Waals surface area contributed by atoms with E-state index in [2.05, 4.69) is 47.0 Å². The summed E-state index contributed by atoms with van der Waals surface area (Å²) in [5.74, 6) is 1.07. The van der Waals surface area contributed by atoms with E-state index >= 15 is 0 Å². The number of carbonyl (C=O) groups is 1. The largest absolute Gasteiger partial charge is 0.497 e. The minimum Gasteiger partial charge on any atom is -0.497 e. The molecule has 0 N–H and O–H groups in total. The number of nitrogens with zero attached hydrogens (tertiary/aromatic N) is 3. The summed E-state index contributed by atoms with van der Waals surface area (Å²) in [7, 11) is 3.76. The number of methoxy groups -OCH3 is 1. The molecule has 5 nitrogen and oxygen atoms in total. The number of aryl methyl sites for hydroxylation is 1. The molecular weight excluding hydrogens is 350 g/mol. The first-order valence-electron chi connectivity index (χ1n) is 9.80. The van der Waals surface area contributed by atoms with E-state index in [1.54, 1.807) is 7.11 Å². The lowest BCUT2D eigenvalue weighted by molar-refractivity contribution is -0.130. The van der Waals surface area contributed by atoms with E-state index in [9.17, 15) is 4.79 Å². The molecule has 0 bridgehead atoms. The number of fused-ring (bicyclic) bond motifs is 1. The summed E-state index contributed by atoms with van der Waals surface area (Å²) in [6.07, 6.45) is 2.79. The standard InChI is InChI=1S/C23H27N3O2/c1-24-16-19(21-5-3-4-6-22(21)24)17-25-12-11-23(27)26(14-13-25)15-18-7-9-20(28-2)10-8-18/h3-10,16H,11-15,17H2,1-2H3. The topological polar surface area (TPSA) is 37.7 Å². The van der Waals surface area contributed by atoms with Crippen LogP contribution in [0.25, 0.3) is 10.9 Å². The number of para-hydroxylation sites is 1. The lowest BCUT2D eigenvalue weighted by Gasteiger charge is -2.22. The van der Waals surface area contributed by atoms with Gasteiger partial charge in [-0.15, -0.1) is 0 Å². The highest BCUT2D eigenvalue weighted by Gasteiger charge is 2.22. The van der Waals surface area contributed by atoms with E-state index in [0.29, 0.717) is 13.0 Å². The van der Waals surface area contributed by atoms with Crippen LogP contribution in [0.1, 0.15) is 17.5 Å². The summed E-state index contributed by atoms with van der Waals surface area (Å²) in [4.78, 5) is 17.0. The summed E-state index contributed by atoms with van der Waals surface area (Å²) in [5, 5.41) is 1.30.